The van der Waals surface area contributed by atoms with E-state index in [1.54, 1.807) is 0 Å². The normalized spacial score (nSPS) is 13.2. The zero-order chi connectivity index (χ0) is 28.5. The van der Waals surface area contributed by atoms with E-state index in [1.165, 1.54) is 212 Å². The Kier molecular flexibility index (Phi) is 34.2. The highest BCUT2D eigenvalue weighted by Gasteiger charge is 2.09. The molecule has 0 saturated heterocycles. The molecule has 0 N–H and O–H groups in total. The van der Waals surface area contributed by atoms with Crippen molar-refractivity contribution in [1.29, 1.82) is 0 Å². The summed E-state index contributed by atoms with van der Waals surface area (Å²) in [5.41, 5.74) is 0. The highest BCUT2D eigenvalue weighted by Crippen LogP contribution is 2.23. The van der Waals surface area contributed by atoms with Crippen LogP contribution in [0.1, 0.15) is 240 Å². The standard InChI is InChI=1S/C39H80/c1-5-7-9-11-13-15-17-19-20-21-22-23-24-26-28-30-32-34-36-39(4)37-38(3)35-33-31-29-27-25-18-16-14-12-10-8-6-2/h38-39H,5-37H2,1-4H3. The Morgan fingerprint density at radius 2 is 0.436 bits per heavy atom. The van der Waals surface area contributed by atoms with Crippen molar-refractivity contribution in [2.24, 2.45) is 11.8 Å². The van der Waals surface area contributed by atoms with Crippen molar-refractivity contribution in [3.8, 4) is 0 Å². The Hall–Kier alpha value is 0. The summed E-state index contributed by atoms with van der Waals surface area (Å²) in [5.74, 6) is 1.89. The van der Waals surface area contributed by atoms with Crippen molar-refractivity contribution in [3.05, 3.63) is 0 Å². The zero-order valence-corrected chi connectivity index (χ0v) is 28.5. The minimum Gasteiger partial charge on any atom is -0.0654 e. The number of hydrogen-bond acceptors (Lipinski definition) is 0. The first kappa shape index (κ1) is 39.0. The SMILES string of the molecule is CCCCCCCCCCCCCCCCCCCCC(C)CC(C)CCCCCCCCCCCCCC. The third-order valence-electron chi connectivity index (χ3n) is 9.41. The van der Waals surface area contributed by atoms with Crippen LogP contribution in [0.5, 0.6) is 0 Å². The van der Waals surface area contributed by atoms with E-state index < -0.39 is 0 Å². The third-order valence-corrected chi connectivity index (χ3v) is 9.41. The van der Waals surface area contributed by atoms with Crippen molar-refractivity contribution in [2.45, 2.75) is 240 Å². The summed E-state index contributed by atoms with van der Waals surface area (Å²) in [5, 5.41) is 0. The van der Waals surface area contributed by atoms with Gasteiger partial charge in [-0.3, -0.25) is 0 Å². The van der Waals surface area contributed by atoms with E-state index >= 15 is 0 Å². The molecule has 0 saturated carbocycles. The number of unbranched alkanes of at least 4 members (excludes halogenated alkanes) is 28. The monoisotopic (exact) mass is 549 g/mol. The molecule has 0 heteroatoms. The van der Waals surface area contributed by atoms with Gasteiger partial charge < -0.3 is 0 Å². The topological polar surface area (TPSA) is 0 Å². The molecule has 0 aliphatic heterocycles. The maximum Gasteiger partial charge on any atom is -0.0440 e. The van der Waals surface area contributed by atoms with Crippen molar-refractivity contribution >= 4 is 0 Å². The maximum atomic E-state index is 2.52. The van der Waals surface area contributed by atoms with Crippen LogP contribution in [0.2, 0.25) is 0 Å². The molecule has 0 aliphatic rings. The second-order valence-corrected chi connectivity index (χ2v) is 13.9. The van der Waals surface area contributed by atoms with E-state index in [9.17, 15) is 0 Å². The molecule has 0 amide bonds. The Morgan fingerprint density at radius 3 is 0.641 bits per heavy atom. The Balaban J connectivity index is 3.25. The van der Waals surface area contributed by atoms with Gasteiger partial charge in [-0.15, -0.1) is 0 Å². The molecule has 0 aliphatic carbocycles. The molecule has 0 aromatic carbocycles. The molecule has 0 spiro atoms. The average molecular weight is 549 g/mol. The van der Waals surface area contributed by atoms with Crippen LogP contribution in [-0.4, -0.2) is 0 Å². The molecule has 0 radical (unpaired) electrons. The van der Waals surface area contributed by atoms with Crippen molar-refractivity contribution in [1.82, 2.24) is 0 Å². The fraction of sp³-hybridized carbons (Fsp3) is 1.00. The minimum absolute atomic E-state index is 0.943. The Bertz CT molecular complexity index is 412. The molecule has 39 heavy (non-hydrogen) atoms. The fourth-order valence-electron chi connectivity index (χ4n) is 6.65. The first-order chi connectivity index (χ1) is 19.2. The summed E-state index contributed by atoms with van der Waals surface area (Å²) in [6.45, 7) is 9.66. The molecular weight excluding hydrogens is 468 g/mol. The van der Waals surface area contributed by atoms with Crippen LogP contribution < -0.4 is 0 Å². The van der Waals surface area contributed by atoms with Crippen LogP contribution >= 0.6 is 0 Å². The summed E-state index contributed by atoms with van der Waals surface area (Å²) >= 11 is 0. The average Bonchev–Trinajstić information content (AvgIpc) is 2.93. The van der Waals surface area contributed by atoms with Gasteiger partial charge in [0.15, 0.2) is 0 Å². The van der Waals surface area contributed by atoms with Crippen molar-refractivity contribution in [3.63, 3.8) is 0 Å². The summed E-state index contributed by atoms with van der Waals surface area (Å²) < 4.78 is 0. The van der Waals surface area contributed by atoms with Crippen LogP contribution in [0.15, 0.2) is 0 Å². The lowest BCUT2D eigenvalue weighted by molar-refractivity contribution is 0.356. The highest BCUT2D eigenvalue weighted by atomic mass is 14.1. The molecule has 0 aromatic heterocycles. The Morgan fingerprint density at radius 1 is 0.256 bits per heavy atom. The van der Waals surface area contributed by atoms with Crippen LogP contribution in [-0.2, 0) is 0 Å². The van der Waals surface area contributed by atoms with Gasteiger partial charge in [-0.05, 0) is 18.3 Å². The quantitative estimate of drug-likeness (QED) is 0.0701. The molecule has 0 nitrogen and oxygen atoms in total. The molecule has 2 unspecified atom stereocenters. The van der Waals surface area contributed by atoms with E-state index in [1.807, 2.05) is 0 Å². The van der Waals surface area contributed by atoms with Gasteiger partial charge in [-0.2, -0.15) is 0 Å². The predicted octanol–water partition coefficient (Wildman–Crippen LogP) is 15.2. The number of rotatable bonds is 34. The zero-order valence-electron chi connectivity index (χ0n) is 28.5. The van der Waals surface area contributed by atoms with Gasteiger partial charge in [0.2, 0.25) is 0 Å². The van der Waals surface area contributed by atoms with Gasteiger partial charge in [0.05, 0.1) is 0 Å². The second-order valence-electron chi connectivity index (χ2n) is 13.9. The maximum absolute atomic E-state index is 2.52. The summed E-state index contributed by atoms with van der Waals surface area (Å²) in [4.78, 5) is 0. The molecule has 0 fully saturated rings. The second kappa shape index (κ2) is 34.2. The molecule has 236 valence electrons. The van der Waals surface area contributed by atoms with Crippen LogP contribution in [0.3, 0.4) is 0 Å². The van der Waals surface area contributed by atoms with Gasteiger partial charge >= 0.3 is 0 Å². The minimum atomic E-state index is 0.943. The largest absolute Gasteiger partial charge is 0.0654 e. The van der Waals surface area contributed by atoms with E-state index in [4.69, 9.17) is 0 Å². The number of hydrogen-bond donors (Lipinski definition) is 0. The van der Waals surface area contributed by atoms with E-state index in [0.29, 0.717) is 0 Å². The molecule has 0 aromatic rings. The predicted molar refractivity (Wildman–Crippen MR) is 182 cm³/mol. The smallest absolute Gasteiger partial charge is 0.0440 e. The lowest BCUT2D eigenvalue weighted by atomic mass is 9.89. The summed E-state index contributed by atoms with van der Waals surface area (Å²) in [6.07, 6.45) is 48.6. The van der Waals surface area contributed by atoms with E-state index in [-0.39, 0.29) is 0 Å². The van der Waals surface area contributed by atoms with Gasteiger partial charge in [0.25, 0.3) is 0 Å². The summed E-state index contributed by atoms with van der Waals surface area (Å²) in [7, 11) is 0. The van der Waals surface area contributed by atoms with Gasteiger partial charge in [-0.1, -0.05) is 233 Å². The van der Waals surface area contributed by atoms with Crippen molar-refractivity contribution in [2.75, 3.05) is 0 Å². The third kappa shape index (κ3) is 34.1. The molecule has 2 atom stereocenters. The van der Waals surface area contributed by atoms with Gasteiger partial charge in [0.1, 0.15) is 0 Å². The van der Waals surface area contributed by atoms with Crippen LogP contribution in [0.25, 0.3) is 0 Å². The van der Waals surface area contributed by atoms with Crippen LogP contribution in [0, 0.1) is 11.8 Å². The van der Waals surface area contributed by atoms with E-state index in [0.717, 1.165) is 11.8 Å². The lowest BCUT2D eigenvalue weighted by Crippen LogP contribution is -2.03. The first-order valence-electron chi connectivity index (χ1n) is 19.2. The van der Waals surface area contributed by atoms with Gasteiger partial charge in [-0.25, -0.2) is 0 Å². The lowest BCUT2D eigenvalue weighted by Gasteiger charge is -2.17. The van der Waals surface area contributed by atoms with Gasteiger partial charge in [0, 0.05) is 0 Å². The highest BCUT2D eigenvalue weighted by molar-refractivity contribution is 4.61. The Labute approximate surface area is 251 Å². The molecule has 0 heterocycles. The molecular formula is C39H80. The first-order valence-corrected chi connectivity index (χ1v) is 19.2. The fourth-order valence-corrected chi connectivity index (χ4v) is 6.65. The molecule has 0 rings (SSSR count). The van der Waals surface area contributed by atoms with E-state index in [2.05, 4.69) is 27.7 Å². The molecule has 0 bridgehead atoms. The van der Waals surface area contributed by atoms with Crippen LogP contribution in [0.4, 0.5) is 0 Å². The summed E-state index contributed by atoms with van der Waals surface area (Å²) in [6, 6.07) is 0. The van der Waals surface area contributed by atoms with Crippen molar-refractivity contribution < 1.29 is 0 Å².